The summed E-state index contributed by atoms with van der Waals surface area (Å²) < 4.78 is 5.25. The normalized spacial score (nSPS) is 20.7. The topological polar surface area (TPSA) is 79.0 Å². The van der Waals surface area contributed by atoms with E-state index in [0.717, 1.165) is 16.7 Å². The van der Waals surface area contributed by atoms with Crippen molar-refractivity contribution >= 4 is 34.5 Å². The van der Waals surface area contributed by atoms with Crippen molar-refractivity contribution < 1.29 is 19.1 Å². The lowest BCUT2D eigenvalue weighted by molar-refractivity contribution is -0.125. The number of nitrogens with zero attached hydrogens (tertiary/aromatic N) is 2. The number of amides is 3. The zero-order chi connectivity index (χ0) is 16.9. The Bertz CT molecular complexity index is 671. The van der Waals surface area contributed by atoms with E-state index in [-0.39, 0.29) is 16.8 Å². The average molecular weight is 347 g/mol. The molecule has 2 heterocycles. The molecule has 0 spiro atoms. The molecule has 2 saturated heterocycles. The molecular formula is C16H17N3O4S. The highest BCUT2D eigenvalue weighted by Crippen LogP contribution is 2.30. The van der Waals surface area contributed by atoms with Gasteiger partial charge in [-0.05, 0) is 23.9 Å². The van der Waals surface area contributed by atoms with Gasteiger partial charge in [0.05, 0.1) is 24.8 Å². The standard InChI is InChI=1S/C16H17N3O4S/c20-14(17-12-4-2-1-3-5-12)10-13-15(21)19(16(22)24-13)11-18-6-8-23-9-7-18/h1-5,10H,6-9,11H2,(H,17,20). The number of ether oxygens (including phenoxy) is 1. The van der Waals surface area contributed by atoms with Crippen LogP contribution in [0.1, 0.15) is 0 Å². The van der Waals surface area contributed by atoms with E-state index in [2.05, 4.69) is 5.32 Å². The van der Waals surface area contributed by atoms with Crippen LogP contribution >= 0.6 is 11.8 Å². The highest BCUT2D eigenvalue weighted by Gasteiger charge is 2.36. The summed E-state index contributed by atoms with van der Waals surface area (Å²) in [5.74, 6) is -0.863. The first-order valence-electron chi connectivity index (χ1n) is 7.55. The molecule has 1 N–H and O–H groups in total. The van der Waals surface area contributed by atoms with E-state index in [1.165, 1.54) is 6.08 Å². The fourth-order valence-corrected chi connectivity index (χ4v) is 3.19. The molecule has 0 unspecified atom stereocenters. The SMILES string of the molecule is O=C(C=C1SC(=O)N(CN2CCOCC2)C1=O)Nc1ccccc1. The van der Waals surface area contributed by atoms with Crippen molar-refractivity contribution in [1.82, 2.24) is 9.80 Å². The van der Waals surface area contributed by atoms with Crippen molar-refractivity contribution in [3.05, 3.63) is 41.3 Å². The van der Waals surface area contributed by atoms with Crippen molar-refractivity contribution in [2.24, 2.45) is 0 Å². The van der Waals surface area contributed by atoms with Gasteiger partial charge in [-0.1, -0.05) is 18.2 Å². The highest BCUT2D eigenvalue weighted by molar-refractivity contribution is 8.18. The summed E-state index contributed by atoms with van der Waals surface area (Å²) in [7, 11) is 0. The largest absolute Gasteiger partial charge is 0.379 e. The molecule has 0 radical (unpaired) electrons. The molecule has 0 aliphatic carbocycles. The lowest BCUT2D eigenvalue weighted by Crippen LogP contribution is -2.45. The van der Waals surface area contributed by atoms with Crippen LogP contribution in [0.25, 0.3) is 0 Å². The summed E-state index contributed by atoms with van der Waals surface area (Å²) in [4.78, 5) is 39.7. The maximum Gasteiger partial charge on any atom is 0.294 e. The van der Waals surface area contributed by atoms with Gasteiger partial charge in [-0.2, -0.15) is 0 Å². The zero-order valence-corrected chi connectivity index (χ0v) is 13.8. The van der Waals surface area contributed by atoms with Gasteiger partial charge in [0.15, 0.2) is 0 Å². The van der Waals surface area contributed by atoms with Gasteiger partial charge in [0.2, 0.25) is 5.91 Å². The van der Waals surface area contributed by atoms with Crippen LogP contribution in [0, 0.1) is 0 Å². The molecule has 2 fully saturated rings. The average Bonchev–Trinajstić information content (AvgIpc) is 2.84. The van der Waals surface area contributed by atoms with Crippen LogP contribution in [0.5, 0.6) is 0 Å². The molecule has 0 bridgehead atoms. The number of benzene rings is 1. The molecule has 7 nitrogen and oxygen atoms in total. The molecular weight excluding hydrogens is 330 g/mol. The van der Waals surface area contributed by atoms with Crippen LogP contribution in [0.15, 0.2) is 41.3 Å². The smallest absolute Gasteiger partial charge is 0.294 e. The minimum atomic E-state index is -0.432. The number of thioether (sulfide) groups is 1. The minimum Gasteiger partial charge on any atom is -0.379 e. The predicted molar refractivity (Wildman–Crippen MR) is 90.2 cm³/mol. The van der Waals surface area contributed by atoms with E-state index in [1.807, 2.05) is 11.0 Å². The van der Waals surface area contributed by atoms with E-state index in [1.54, 1.807) is 24.3 Å². The second kappa shape index (κ2) is 7.61. The van der Waals surface area contributed by atoms with Crippen molar-refractivity contribution in [3.63, 3.8) is 0 Å². The van der Waals surface area contributed by atoms with Gasteiger partial charge in [-0.3, -0.25) is 24.2 Å². The van der Waals surface area contributed by atoms with Crippen molar-refractivity contribution in [1.29, 1.82) is 0 Å². The van der Waals surface area contributed by atoms with Crippen LogP contribution < -0.4 is 5.32 Å². The molecule has 24 heavy (non-hydrogen) atoms. The molecule has 126 valence electrons. The lowest BCUT2D eigenvalue weighted by atomic mass is 10.3. The molecule has 1 aromatic carbocycles. The maximum atomic E-state index is 12.4. The number of morpholine rings is 1. The number of hydrogen-bond donors (Lipinski definition) is 1. The number of imide groups is 1. The minimum absolute atomic E-state index is 0.140. The molecule has 0 atom stereocenters. The lowest BCUT2D eigenvalue weighted by Gasteiger charge is -2.29. The summed E-state index contributed by atoms with van der Waals surface area (Å²) in [6.07, 6.45) is 1.18. The van der Waals surface area contributed by atoms with Crippen molar-refractivity contribution in [2.45, 2.75) is 0 Å². The Morgan fingerprint density at radius 2 is 1.92 bits per heavy atom. The second-order valence-electron chi connectivity index (χ2n) is 5.34. The fraction of sp³-hybridized carbons (Fsp3) is 0.312. The van der Waals surface area contributed by atoms with Crippen LogP contribution in [0.2, 0.25) is 0 Å². The third-order valence-electron chi connectivity index (χ3n) is 3.62. The summed E-state index contributed by atoms with van der Waals surface area (Å²) >= 11 is 0.789. The maximum absolute atomic E-state index is 12.4. The van der Waals surface area contributed by atoms with Gasteiger partial charge >= 0.3 is 0 Å². The molecule has 2 aliphatic rings. The van der Waals surface area contributed by atoms with Crippen molar-refractivity contribution in [3.8, 4) is 0 Å². The van der Waals surface area contributed by atoms with Crippen LogP contribution in [-0.4, -0.2) is 59.8 Å². The van der Waals surface area contributed by atoms with Crippen LogP contribution in [0.4, 0.5) is 10.5 Å². The number of para-hydroxylation sites is 1. The van der Waals surface area contributed by atoms with Gasteiger partial charge < -0.3 is 10.1 Å². The Morgan fingerprint density at radius 1 is 1.21 bits per heavy atom. The second-order valence-corrected chi connectivity index (χ2v) is 6.33. The molecule has 8 heteroatoms. The Hall–Kier alpha value is -2.16. The van der Waals surface area contributed by atoms with E-state index >= 15 is 0 Å². The molecule has 2 aliphatic heterocycles. The predicted octanol–water partition coefficient (Wildman–Crippen LogP) is 1.49. The summed E-state index contributed by atoms with van der Waals surface area (Å²) in [5, 5.41) is 2.31. The third-order valence-corrected chi connectivity index (χ3v) is 4.53. The summed E-state index contributed by atoms with van der Waals surface area (Å²) in [6, 6.07) is 8.93. The highest BCUT2D eigenvalue weighted by atomic mass is 32.2. The van der Waals surface area contributed by atoms with Gasteiger partial charge in [-0.25, -0.2) is 0 Å². The third kappa shape index (κ3) is 4.02. The molecule has 3 rings (SSSR count). The van der Waals surface area contributed by atoms with Crippen LogP contribution in [-0.2, 0) is 14.3 Å². The molecule has 0 saturated carbocycles. The quantitative estimate of drug-likeness (QED) is 0.832. The van der Waals surface area contributed by atoms with Gasteiger partial charge in [0.25, 0.3) is 11.1 Å². The molecule has 0 aromatic heterocycles. The number of carbonyl (C=O) groups is 3. The fourth-order valence-electron chi connectivity index (χ4n) is 2.38. The number of nitrogens with one attached hydrogen (secondary N) is 1. The monoisotopic (exact) mass is 347 g/mol. The molecule has 1 aromatic rings. The number of rotatable bonds is 4. The van der Waals surface area contributed by atoms with E-state index in [0.29, 0.717) is 32.0 Å². The molecule has 3 amide bonds. The number of anilines is 1. The van der Waals surface area contributed by atoms with Gasteiger partial charge in [0.1, 0.15) is 0 Å². The van der Waals surface area contributed by atoms with E-state index in [9.17, 15) is 14.4 Å². The van der Waals surface area contributed by atoms with Gasteiger partial charge in [-0.15, -0.1) is 0 Å². The Kier molecular flexibility index (Phi) is 5.29. The van der Waals surface area contributed by atoms with Gasteiger partial charge in [0, 0.05) is 24.9 Å². The first-order chi connectivity index (χ1) is 11.6. The van der Waals surface area contributed by atoms with Crippen molar-refractivity contribution in [2.75, 3.05) is 38.3 Å². The number of hydrogen-bond acceptors (Lipinski definition) is 6. The zero-order valence-electron chi connectivity index (χ0n) is 12.9. The van der Waals surface area contributed by atoms with E-state index in [4.69, 9.17) is 4.74 Å². The van der Waals surface area contributed by atoms with E-state index < -0.39 is 11.8 Å². The Labute approximate surface area is 143 Å². The summed E-state index contributed by atoms with van der Waals surface area (Å²) in [5.41, 5.74) is 0.631. The first kappa shape index (κ1) is 16.7. The van der Waals surface area contributed by atoms with Crippen LogP contribution in [0.3, 0.4) is 0 Å². The number of carbonyl (C=O) groups excluding carboxylic acids is 3. The first-order valence-corrected chi connectivity index (χ1v) is 8.36. The Morgan fingerprint density at radius 3 is 2.62 bits per heavy atom. The Balaban J connectivity index is 1.63. The summed E-state index contributed by atoms with van der Waals surface area (Å²) in [6.45, 7) is 2.76.